The molecular formula is C58H44N4. The van der Waals surface area contributed by atoms with E-state index in [1.54, 1.807) is 0 Å². The number of anilines is 2. The number of para-hydroxylation sites is 2. The van der Waals surface area contributed by atoms with Crippen molar-refractivity contribution in [3.63, 3.8) is 0 Å². The molecule has 12 rings (SSSR count). The molecule has 3 aliphatic heterocycles. The summed E-state index contributed by atoms with van der Waals surface area (Å²) in [6, 6.07) is 75.5. The molecule has 1 aliphatic carbocycles. The predicted molar refractivity (Wildman–Crippen MR) is 254 cm³/mol. The van der Waals surface area contributed by atoms with Crippen molar-refractivity contribution in [2.45, 2.75) is 17.6 Å². The molecule has 3 atom stereocenters. The van der Waals surface area contributed by atoms with Crippen molar-refractivity contribution in [1.29, 1.82) is 0 Å². The smallest absolute Gasteiger partial charge is 0.104 e. The van der Waals surface area contributed by atoms with Crippen LogP contribution in [0.25, 0.3) is 39.1 Å². The molecule has 0 saturated carbocycles. The van der Waals surface area contributed by atoms with Gasteiger partial charge >= 0.3 is 0 Å². The van der Waals surface area contributed by atoms with Crippen molar-refractivity contribution < 1.29 is 0 Å². The predicted octanol–water partition coefficient (Wildman–Crippen LogP) is 12.8. The molecule has 296 valence electrons. The molecule has 1 spiro atoms. The Balaban J connectivity index is 0.925. The number of hydrogen-bond acceptors (Lipinski definition) is 4. The number of dihydropyridines is 1. The van der Waals surface area contributed by atoms with Crippen LogP contribution in [0.1, 0.15) is 45.6 Å². The van der Waals surface area contributed by atoms with Crippen LogP contribution < -0.4 is 20.9 Å². The van der Waals surface area contributed by atoms with Crippen LogP contribution in [0.4, 0.5) is 11.4 Å². The van der Waals surface area contributed by atoms with Crippen LogP contribution in [0.5, 0.6) is 0 Å². The first kappa shape index (κ1) is 36.2. The maximum atomic E-state index is 3.86. The van der Waals surface area contributed by atoms with Crippen molar-refractivity contribution in [2.24, 2.45) is 0 Å². The van der Waals surface area contributed by atoms with Gasteiger partial charge in [0.25, 0.3) is 0 Å². The first-order valence-corrected chi connectivity index (χ1v) is 21.6. The summed E-state index contributed by atoms with van der Waals surface area (Å²) in [6.07, 6.45) is 6.61. The molecular weight excluding hydrogens is 753 g/mol. The Bertz CT molecular complexity index is 3080. The normalized spacial score (nSPS) is 19.4. The molecule has 62 heavy (non-hydrogen) atoms. The van der Waals surface area contributed by atoms with Crippen LogP contribution in [0.2, 0.25) is 0 Å². The highest BCUT2D eigenvalue weighted by Crippen LogP contribution is 2.62. The molecule has 8 aromatic carbocycles. The molecule has 4 nitrogen and oxygen atoms in total. The van der Waals surface area contributed by atoms with Crippen LogP contribution in [-0.4, -0.2) is 6.54 Å². The largest absolute Gasteiger partial charge is 0.387 e. The summed E-state index contributed by atoms with van der Waals surface area (Å²) < 4.78 is 0. The van der Waals surface area contributed by atoms with E-state index in [2.05, 4.69) is 245 Å². The maximum absolute atomic E-state index is 3.86. The molecule has 0 saturated heterocycles. The fourth-order valence-electron chi connectivity index (χ4n) is 10.4. The molecule has 0 radical (unpaired) electrons. The van der Waals surface area contributed by atoms with Crippen molar-refractivity contribution >= 4 is 17.1 Å². The van der Waals surface area contributed by atoms with E-state index >= 15 is 0 Å². The van der Waals surface area contributed by atoms with Gasteiger partial charge in [0.2, 0.25) is 0 Å². The third-order valence-electron chi connectivity index (χ3n) is 13.2. The second-order valence-electron chi connectivity index (χ2n) is 16.6. The number of nitrogens with zero attached hydrogens (tertiary/aromatic N) is 1. The van der Waals surface area contributed by atoms with Crippen LogP contribution in [-0.2, 0) is 5.41 Å². The van der Waals surface area contributed by atoms with Gasteiger partial charge in [0, 0.05) is 17.9 Å². The zero-order valence-corrected chi connectivity index (χ0v) is 34.2. The lowest BCUT2D eigenvalue weighted by Gasteiger charge is -2.47. The minimum absolute atomic E-state index is 0.0566. The lowest BCUT2D eigenvalue weighted by molar-refractivity contribution is 0.443. The van der Waals surface area contributed by atoms with Gasteiger partial charge in [-0.2, -0.15) is 0 Å². The van der Waals surface area contributed by atoms with E-state index < -0.39 is 5.41 Å². The van der Waals surface area contributed by atoms with E-state index in [4.69, 9.17) is 0 Å². The molecule has 3 heterocycles. The number of nitrogens with one attached hydrogen (secondary N) is 3. The lowest BCUT2D eigenvalue weighted by atomic mass is 9.63. The number of rotatable bonds is 6. The molecule has 4 aliphatic rings. The van der Waals surface area contributed by atoms with Crippen molar-refractivity contribution in [3.8, 4) is 33.4 Å². The molecule has 0 amide bonds. The van der Waals surface area contributed by atoms with E-state index in [9.17, 15) is 0 Å². The highest BCUT2D eigenvalue weighted by Gasteiger charge is 2.52. The topological polar surface area (TPSA) is 39.3 Å². The van der Waals surface area contributed by atoms with E-state index in [0.717, 1.165) is 17.9 Å². The summed E-state index contributed by atoms with van der Waals surface area (Å²) >= 11 is 0. The van der Waals surface area contributed by atoms with Crippen molar-refractivity contribution in [3.05, 3.63) is 269 Å². The van der Waals surface area contributed by atoms with Gasteiger partial charge in [0.15, 0.2) is 0 Å². The third-order valence-corrected chi connectivity index (χ3v) is 13.2. The standard InChI is InChI=1S/C58H44N4/c1-4-15-40(16-5-1)53-37-54(41-17-6-2-7-18-41)61-57(60-53)42-29-27-39(28-30-42)43-19-14-20-44(35-43)45-31-32-48-47-23-10-11-24-49(47)58(51(48)36-45)50-25-12-13-26-55(50)62(46-21-8-3-9-22-46)56-33-34-59-38-52(56)58/h1-37,53,57,59-61H,38H2. The van der Waals surface area contributed by atoms with Crippen LogP contribution in [0, 0.1) is 0 Å². The second-order valence-corrected chi connectivity index (χ2v) is 16.6. The molecule has 3 N–H and O–H groups in total. The number of hydrogen-bond donors (Lipinski definition) is 3. The minimum Gasteiger partial charge on any atom is -0.387 e. The van der Waals surface area contributed by atoms with E-state index in [0.29, 0.717) is 0 Å². The van der Waals surface area contributed by atoms with Gasteiger partial charge in [-0.1, -0.05) is 176 Å². The Morgan fingerprint density at radius 3 is 1.92 bits per heavy atom. The van der Waals surface area contributed by atoms with Gasteiger partial charge in [-0.3, -0.25) is 5.32 Å². The third kappa shape index (κ3) is 5.79. The highest BCUT2D eigenvalue weighted by atomic mass is 15.2. The average Bonchev–Trinajstić information content (AvgIpc) is 3.65. The number of allylic oxidation sites excluding steroid dienone is 1. The van der Waals surface area contributed by atoms with E-state index in [1.807, 2.05) is 0 Å². The quantitative estimate of drug-likeness (QED) is 0.157. The van der Waals surface area contributed by atoms with Crippen LogP contribution in [0.3, 0.4) is 0 Å². The minimum atomic E-state index is -0.472. The molecule has 3 unspecified atom stereocenters. The van der Waals surface area contributed by atoms with E-state index in [1.165, 1.54) is 83.7 Å². The van der Waals surface area contributed by atoms with Gasteiger partial charge in [-0.15, -0.1) is 0 Å². The molecule has 0 fully saturated rings. The fourth-order valence-corrected chi connectivity index (χ4v) is 10.4. The van der Waals surface area contributed by atoms with Crippen molar-refractivity contribution in [1.82, 2.24) is 16.0 Å². The zero-order chi connectivity index (χ0) is 41.0. The first-order chi connectivity index (χ1) is 30.7. The molecule has 0 bridgehead atoms. The first-order valence-electron chi connectivity index (χ1n) is 21.6. The van der Waals surface area contributed by atoms with Gasteiger partial charge in [-0.25, -0.2) is 0 Å². The number of benzene rings is 8. The SMILES string of the molecule is C1=CC2=C(CN1)C1(c3ccccc3-c3ccc(-c4cccc(-c5ccc(C6NC(c7ccccc7)=CC(c7ccccc7)N6)cc5)c4)cc31)c1ccccc1N2c1ccccc1. The fraction of sp³-hybridized carbons (Fsp3) is 0.0690. The summed E-state index contributed by atoms with van der Waals surface area (Å²) in [5, 5.41) is 11.3. The van der Waals surface area contributed by atoms with Gasteiger partial charge in [-0.05, 0) is 121 Å². The Morgan fingerprint density at radius 1 is 0.484 bits per heavy atom. The van der Waals surface area contributed by atoms with Crippen molar-refractivity contribution in [2.75, 3.05) is 11.4 Å². The van der Waals surface area contributed by atoms with Gasteiger partial charge in [0.05, 0.1) is 22.8 Å². The van der Waals surface area contributed by atoms with Crippen LogP contribution >= 0.6 is 0 Å². The van der Waals surface area contributed by atoms with Gasteiger partial charge < -0.3 is 15.5 Å². The monoisotopic (exact) mass is 796 g/mol. The average molecular weight is 797 g/mol. The summed E-state index contributed by atoms with van der Waals surface area (Å²) in [5.41, 5.74) is 20.6. The molecule has 4 heteroatoms. The van der Waals surface area contributed by atoms with Crippen LogP contribution in [0.15, 0.2) is 236 Å². The lowest BCUT2D eigenvalue weighted by Crippen LogP contribution is -2.43. The zero-order valence-electron chi connectivity index (χ0n) is 34.2. The Hall–Kier alpha value is -7.66. The van der Waals surface area contributed by atoms with E-state index in [-0.39, 0.29) is 12.2 Å². The summed E-state index contributed by atoms with van der Waals surface area (Å²) in [7, 11) is 0. The number of fused-ring (bicyclic) bond motifs is 8. The Kier molecular flexibility index (Phi) is 8.65. The molecule has 0 aromatic heterocycles. The van der Waals surface area contributed by atoms with Gasteiger partial charge in [0.1, 0.15) is 6.17 Å². The summed E-state index contributed by atoms with van der Waals surface area (Å²) in [4.78, 5) is 2.45. The molecule has 8 aromatic rings. The Morgan fingerprint density at radius 2 is 1.11 bits per heavy atom. The highest BCUT2D eigenvalue weighted by molar-refractivity contribution is 5.93. The summed E-state index contributed by atoms with van der Waals surface area (Å²) in [6.45, 7) is 0.746. The second kappa shape index (κ2) is 14.8. The Labute approximate surface area is 363 Å². The maximum Gasteiger partial charge on any atom is 0.104 e. The summed E-state index contributed by atoms with van der Waals surface area (Å²) in [5.74, 6) is 0.